The van der Waals surface area contributed by atoms with Crippen LogP contribution in [0.1, 0.15) is 54.0 Å². The zero-order chi connectivity index (χ0) is 22.4. The van der Waals surface area contributed by atoms with Gasteiger partial charge in [-0.05, 0) is 18.8 Å². The van der Waals surface area contributed by atoms with Crippen molar-refractivity contribution in [2.45, 2.75) is 50.4 Å². The Hall–Kier alpha value is -2.56. The Bertz CT molecular complexity index is 985. The van der Waals surface area contributed by atoms with Crippen molar-refractivity contribution >= 4 is 5.78 Å². The van der Waals surface area contributed by atoms with Gasteiger partial charge in [0, 0.05) is 31.0 Å². The topological polar surface area (TPSA) is 87.3 Å². The van der Waals surface area contributed by atoms with Crippen molar-refractivity contribution in [2.24, 2.45) is 5.92 Å². The zero-order valence-electron chi connectivity index (χ0n) is 17.0. The summed E-state index contributed by atoms with van der Waals surface area (Å²) in [5.74, 6) is 0.147. The predicted molar refractivity (Wildman–Crippen MR) is 97.5 cm³/mol. The monoisotopic (exact) mass is 443 g/mol. The molecule has 0 N–H and O–H groups in total. The Morgan fingerprint density at radius 2 is 2.03 bits per heavy atom. The molecular formula is C20H21F4N3O4. The lowest BCUT2D eigenvalue weighted by atomic mass is 9.78. The van der Waals surface area contributed by atoms with Crippen LogP contribution in [0.3, 0.4) is 0 Å². The van der Waals surface area contributed by atoms with E-state index in [2.05, 4.69) is 15.1 Å². The molecule has 1 atom stereocenters. The summed E-state index contributed by atoms with van der Waals surface area (Å²) in [6.45, 7) is 1.25. The lowest BCUT2D eigenvalue weighted by Gasteiger charge is -2.35. The van der Waals surface area contributed by atoms with E-state index in [4.69, 9.17) is 14.0 Å². The molecule has 4 rings (SSSR count). The number of nitrogens with zero attached hydrogens (tertiary/aromatic N) is 3. The molecule has 1 saturated heterocycles. The number of hydrogen-bond donors (Lipinski definition) is 0. The molecule has 31 heavy (non-hydrogen) atoms. The fourth-order valence-corrected chi connectivity index (χ4v) is 3.72. The van der Waals surface area contributed by atoms with Crippen molar-refractivity contribution in [1.29, 1.82) is 0 Å². The van der Waals surface area contributed by atoms with Gasteiger partial charge in [-0.3, -0.25) is 9.78 Å². The highest BCUT2D eigenvalue weighted by molar-refractivity contribution is 5.95. The number of aryl methyl sites for hydroxylation is 1. The highest BCUT2D eigenvalue weighted by atomic mass is 19.4. The molecular weight excluding hydrogens is 422 g/mol. The van der Waals surface area contributed by atoms with Gasteiger partial charge in [-0.2, -0.15) is 18.2 Å². The molecule has 168 valence electrons. The molecule has 2 fully saturated rings. The van der Waals surface area contributed by atoms with Crippen molar-refractivity contribution < 1.29 is 36.4 Å². The summed E-state index contributed by atoms with van der Waals surface area (Å²) >= 11 is 0. The molecule has 7 nitrogen and oxygen atoms in total. The molecule has 1 aliphatic carbocycles. The van der Waals surface area contributed by atoms with Gasteiger partial charge in [0.1, 0.15) is 11.4 Å². The van der Waals surface area contributed by atoms with E-state index in [1.54, 1.807) is 6.92 Å². The maximum atomic E-state index is 14.8. The summed E-state index contributed by atoms with van der Waals surface area (Å²) in [7, 11) is 0. The van der Waals surface area contributed by atoms with Gasteiger partial charge >= 0.3 is 6.18 Å². The first-order valence-corrected chi connectivity index (χ1v) is 9.81. The van der Waals surface area contributed by atoms with E-state index in [0.717, 1.165) is 25.1 Å². The van der Waals surface area contributed by atoms with Gasteiger partial charge in [0.05, 0.1) is 18.8 Å². The summed E-state index contributed by atoms with van der Waals surface area (Å²) in [5.41, 5.74) is -2.99. The summed E-state index contributed by atoms with van der Waals surface area (Å²) < 4.78 is 67.6. The van der Waals surface area contributed by atoms with Crippen LogP contribution in [0.15, 0.2) is 16.8 Å². The second-order valence-electron chi connectivity index (χ2n) is 8.36. The molecule has 11 heteroatoms. The van der Waals surface area contributed by atoms with Gasteiger partial charge in [0.25, 0.3) is 0 Å². The van der Waals surface area contributed by atoms with Crippen LogP contribution in [0.5, 0.6) is 5.75 Å². The van der Waals surface area contributed by atoms with Crippen molar-refractivity contribution in [3.63, 3.8) is 0 Å². The number of ketones is 1. The average molecular weight is 443 g/mol. The first-order valence-electron chi connectivity index (χ1n) is 9.81. The third-order valence-corrected chi connectivity index (χ3v) is 5.73. The molecule has 0 spiro atoms. The van der Waals surface area contributed by atoms with E-state index in [9.17, 15) is 22.4 Å². The standard InChI is InChI=1S/C20H21F4N3O4/c1-11-26-17(27-31-11)18(2,12-3-4-12)6-15(28)14-5-16(30-10-20(22,23)24)13(7-25-14)19(21)8-29-9-19/h5,7,12H,3-4,6,8-10H2,1-2H3. The van der Waals surface area contributed by atoms with Crippen molar-refractivity contribution in [3.8, 4) is 5.75 Å². The van der Waals surface area contributed by atoms with Crippen LogP contribution in [-0.4, -0.2) is 46.9 Å². The zero-order valence-corrected chi connectivity index (χ0v) is 17.0. The highest BCUT2D eigenvalue weighted by Gasteiger charge is 2.48. The maximum absolute atomic E-state index is 14.8. The minimum absolute atomic E-state index is 0.0222. The first kappa shape index (κ1) is 21.7. The molecule has 0 radical (unpaired) electrons. The van der Waals surface area contributed by atoms with E-state index < -0.39 is 29.7 Å². The van der Waals surface area contributed by atoms with Gasteiger partial charge in [0.15, 0.2) is 23.9 Å². The Balaban J connectivity index is 1.61. The summed E-state index contributed by atoms with van der Waals surface area (Å²) in [4.78, 5) is 21.3. The Morgan fingerprint density at radius 3 is 2.55 bits per heavy atom. The van der Waals surface area contributed by atoms with E-state index >= 15 is 0 Å². The number of Topliss-reactive ketones (excluding diaryl/α,β-unsaturated/α-hetero) is 1. The molecule has 2 aliphatic rings. The lowest BCUT2D eigenvalue weighted by molar-refractivity contribution is -0.156. The number of ether oxygens (including phenoxy) is 2. The van der Waals surface area contributed by atoms with Gasteiger partial charge in [0.2, 0.25) is 5.89 Å². The van der Waals surface area contributed by atoms with Crippen LogP contribution < -0.4 is 4.74 Å². The van der Waals surface area contributed by atoms with Crippen LogP contribution in [0.2, 0.25) is 0 Å². The van der Waals surface area contributed by atoms with E-state index in [-0.39, 0.29) is 42.6 Å². The third kappa shape index (κ3) is 4.41. The van der Waals surface area contributed by atoms with E-state index in [0.29, 0.717) is 11.7 Å². The van der Waals surface area contributed by atoms with Crippen LogP contribution in [0, 0.1) is 12.8 Å². The van der Waals surface area contributed by atoms with Crippen LogP contribution >= 0.6 is 0 Å². The SMILES string of the molecule is Cc1nc(C(C)(CC(=O)c2cc(OCC(F)(F)F)c(C3(F)COC3)cn2)C2CC2)no1. The van der Waals surface area contributed by atoms with Gasteiger partial charge in [-0.15, -0.1) is 0 Å². The van der Waals surface area contributed by atoms with E-state index in [1.807, 2.05) is 6.92 Å². The smallest absolute Gasteiger partial charge is 0.422 e. The Labute approximate surface area is 175 Å². The average Bonchev–Trinajstić information content (AvgIpc) is 3.45. The first-order chi connectivity index (χ1) is 14.5. The number of carbonyl (C=O) groups is 1. The molecule has 0 aromatic carbocycles. The molecule has 1 unspecified atom stereocenters. The van der Waals surface area contributed by atoms with Gasteiger partial charge in [-0.1, -0.05) is 12.1 Å². The number of pyridine rings is 1. The number of alkyl halides is 4. The quantitative estimate of drug-likeness (QED) is 0.452. The third-order valence-electron chi connectivity index (χ3n) is 5.73. The lowest BCUT2D eigenvalue weighted by Crippen LogP contribution is -2.43. The molecule has 1 aliphatic heterocycles. The van der Waals surface area contributed by atoms with Crippen LogP contribution in [-0.2, 0) is 15.8 Å². The number of carbonyl (C=O) groups excluding carboxylic acids is 1. The number of rotatable bonds is 8. The van der Waals surface area contributed by atoms with Crippen molar-refractivity contribution in [1.82, 2.24) is 15.1 Å². The van der Waals surface area contributed by atoms with Crippen molar-refractivity contribution in [3.05, 3.63) is 35.2 Å². The fraction of sp³-hybridized carbons (Fsp3) is 0.600. The molecule has 2 aromatic rings. The minimum Gasteiger partial charge on any atom is -0.484 e. The van der Waals surface area contributed by atoms with Crippen molar-refractivity contribution in [2.75, 3.05) is 19.8 Å². The summed E-state index contributed by atoms with van der Waals surface area (Å²) in [6.07, 6.45) is -1.80. The number of hydrogen-bond acceptors (Lipinski definition) is 7. The van der Waals surface area contributed by atoms with E-state index in [1.165, 1.54) is 0 Å². The number of halogens is 4. The largest absolute Gasteiger partial charge is 0.484 e. The van der Waals surface area contributed by atoms with Gasteiger partial charge in [-0.25, -0.2) is 4.39 Å². The molecule has 0 amide bonds. The summed E-state index contributed by atoms with van der Waals surface area (Å²) in [6, 6.07) is 1.07. The second-order valence-corrected chi connectivity index (χ2v) is 8.36. The minimum atomic E-state index is -4.62. The Morgan fingerprint density at radius 1 is 1.32 bits per heavy atom. The Kier molecular flexibility index (Phi) is 5.27. The maximum Gasteiger partial charge on any atom is 0.422 e. The van der Waals surface area contributed by atoms with Crippen LogP contribution in [0.25, 0.3) is 0 Å². The number of aromatic nitrogens is 3. The second kappa shape index (κ2) is 7.54. The predicted octanol–water partition coefficient (Wildman–Crippen LogP) is 3.85. The molecule has 0 bridgehead atoms. The van der Waals surface area contributed by atoms with Gasteiger partial charge < -0.3 is 14.0 Å². The van der Waals surface area contributed by atoms with Crippen LogP contribution in [0.4, 0.5) is 17.6 Å². The summed E-state index contributed by atoms with van der Waals surface area (Å²) in [5, 5.41) is 3.96. The normalized spacial score (nSPS) is 20.1. The highest BCUT2D eigenvalue weighted by Crippen LogP contribution is 2.49. The fourth-order valence-electron chi connectivity index (χ4n) is 3.72. The molecule has 2 aromatic heterocycles. The molecule has 3 heterocycles. The molecule has 1 saturated carbocycles.